The molecule has 0 unspecified atom stereocenters. The molecule has 0 saturated heterocycles. The Kier molecular flexibility index (Phi) is 13.0. The first-order valence-electron chi connectivity index (χ1n) is 22.6. The Balaban J connectivity index is 0.000000243. The molecular formula is C58H56IrN4OSi-2. The van der Waals surface area contributed by atoms with Crippen LogP contribution in [0.4, 0.5) is 0 Å². The number of hydrogen-bond acceptors (Lipinski definition) is 4. The molecule has 0 N–H and O–H groups in total. The van der Waals surface area contributed by atoms with Crippen molar-refractivity contribution in [2.45, 2.75) is 85.9 Å². The molecule has 6 aromatic carbocycles. The molecule has 0 aliphatic carbocycles. The summed E-state index contributed by atoms with van der Waals surface area (Å²) in [6.07, 6.45) is 2.09. The maximum Gasteiger partial charge on any atom is 0.216 e. The maximum atomic E-state index is 6.48. The third-order valence-corrected chi connectivity index (χ3v) is 14.3. The SMILES string of the molecule is CC(C)c1cc(-c2[c-]cccc2)ncc1[Si](C)(C)C.Cc1ccc2c(n1)oc1c(-c3nc4ccccc4n3-c3c(C(C)C)cc(-c4ccc5ccccc5c4)cc3C(C)C)[c-]ccc12.[Ir]. The minimum atomic E-state index is -1.34. The standard InChI is InChI=1S/C41H34N3O.C17H22NSi.Ir/c1-24(2)34-22-30(29-19-18-27-11-6-7-12-28(27)21-29)23-35(25(3)4)38(34)44-37-16-9-8-15-36(37)43-40(44)33-14-10-13-31-32-20-17-26(5)42-41(32)45-39(31)33;1-13(2)15-11-16(14-9-7-6-8-10-14)18-12-17(15)19(3,4)5;/h6-13,15-25H,1-5H3;6-9,11-13H,1-5H3;/q2*-1;. The van der Waals surface area contributed by atoms with Crippen LogP contribution in [0.25, 0.3) is 83.3 Å². The predicted molar refractivity (Wildman–Crippen MR) is 272 cm³/mol. The van der Waals surface area contributed by atoms with Crippen molar-refractivity contribution in [3.63, 3.8) is 0 Å². The first-order chi connectivity index (χ1) is 30.8. The predicted octanol–water partition coefficient (Wildman–Crippen LogP) is 15.4. The van der Waals surface area contributed by atoms with Crippen LogP contribution >= 0.6 is 0 Å². The number of hydrogen-bond donors (Lipinski definition) is 0. The molecule has 0 atom stereocenters. The van der Waals surface area contributed by atoms with Crippen LogP contribution in [0.1, 0.15) is 81.7 Å². The Morgan fingerprint density at radius 2 is 1.31 bits per heavy atom. The first-order valence-corrected chi connectivity index (χ1v) is 26.1. The van der Waals surface area contributed by atoms with E-state index in [9.17, 15) is 0 Å². The van der Waals surface area contributed by atoms with Crippen LogP contribution in [0, 0.1) is 19.1 Å². The molecule has 1 radical (unpaired) electrons. The van der Waals surface area contributed by atoms with Crippen LogP contribution < -0.4 is 5.19 Å². The summed E-state index contributed by atoms with van der Waals surface area (Å²) < 4.78 is 8.83. The summed E-state index contributed by atoms with van der Waals surface area (Å²) in [4.78, 5) is 14.6. The van der Waals surface area contributed by atoms with Gasteiger partial charge in [0.25, 0.3) is 0 Å². The minimum absolute atomic E-state index is 0. The number of aryl methyl sites for hydroxylation is 1. The molecule has 329 valence electrons. The monoisotopic (exact) mass is 1050 g/mol. The van der Waals surface area contributed by atoms with Crippen LogP contribution in [0.15, 0.2) is 144 Å². The quantitative estimate of drug-likeness (QED) is 0.112. The number of fused-ring (bicyclic) bond motifs is 5. The van der Waals surface area contributed by atoms with E-state index in [4.69, 9.17) is 14.4 Å². The number of aromatic nitrogens is 4. The van der Waals surface area contributed by atoms with Crippen molar-refractivity contribution in [1.82, 2.24) is 19.5 Å². The fraction of sp³-hybridized carbons (Fsp3) is 0.224. The van der Waals surface area contributed by atoms with Gasteiger partial charge in [0.2, 0.25) is 5.71 Å². The van der Waals surface area contributed by atoms with Crippen molar-refractivity contribution in [2.24, 2.45) is 0 Å². The molecular weight excluding hydrogens is 989 g/mol. The van der Waals surface area contributed by atoms with Gasteiger partial charge in [0.15, 0.2) is 0 Å². The van der Waals surface area contributed by atoms with Gasteiger partial charge in [-0.2, -0.15) is 0 Å². The summed E-state index contributed by atoms with van der Waals surface area (Å²) in [7, 11) is -1.34. The van der Waals surface area contributed by atoms with Crippen molar-refractivity contribution >= 4 is 57.1 Å². The van der Waals surface area contributed by atoms with E-state index in [0.29, 0.717) is 11.6 Å². The zero-order valence-corrected chi connectivity index (χ0v) is 42.4. The van der Waals surface area contributed by atoms with Crippen LogP contribution in [-0.4, -0.2) is 27.6 Å². The fourth-order valence-corrected chi connectivity index (χ4v) is 10.6. The van der Waals surface area contributed by atoms with Gasteiger partial charge in [0.1, 0.15) is 0 Å². The normalized spacial score (nSPS) is 11.8. The molecule has 10 aromatic rings. The number of pyridine rings is 2. The zero-order chi connectivity index (χ0) is 44.9. The van der Waals surface area contributed by atoms with E-state index >= 15 is 0 Å². The van der Waals surface area contributed by atoms with E-state index < -0.39 is 8.07 Å². The van der Waals surface area contributed by atoms with Crippen molar-refractivity contribution in [3.05, 3.63) is 174 Å². The molecule has 0 aliphatic rings. The zero-order valence-electron chi connectivity index (χ0n) is 39.0. The van der Waals surface area contributed by atoms with Gasteiger partial charge in [-0.05, 0) is 111 Å². The molecule has 0 spiro atoms. The number of imidazole rings is 1. The maximum absolute atomic E-state index is 6.48. The Morgan fingerprint density at radius 1 is 0.615 bits per heavy atom. The molecule has 4 heterocycles. The number of para-hydroxylation sites is 2. The number of rotatable bonds is 8. The van der Waals surface area contributed by atoms with Crippen LogP contribution in [0.5, 0.6) is 0 Å². The van der Waals surface area contributed by atoms with Gasteiger partial charge in [-0.25, -0.2) is 4.98 Å². The van der Waals surface area contributed by atoms with Crippen molar-refractivity contribution < 1.29 is 24.5 Å². The van der Waals surface area contributed by atoms with E-state index in [0.717, 1.165) is 55.7 Å². The summed E-state index contributed by atoms with van der Waals surface area (Å²) in [5.74, 6) is 1.89. The molecule has 5 nitrogen and oxygen atoms in total. The van der Waals surface area contributed by atoms with E-state index in [1.165, 1.54) is 49.5 Å². The minimum Gasteiger partial charge on any atom is -0.486 e. The number of benzene rings is 6. The van der Waals surface area contributed by atoms with Crippen molar-refractivity contribution in [1.29, 1.82) is 0 Å². The fourth-order valence-electron chi connectivity index (χ4n) is 8.93. The van der Waals surface area contributed by atoms with Crippen LogP contribution in [-0.2, 0) is 20.1 Å². The van der Waals surface area contributed by atoms with Gasteiger partial charge in [-0.15, -0.1) is 54.1 Å². The second-order valence-corrected chi connectivity index (χ2v) is 24.0. The van der Waals surface area contributed by atoms with Gasteiger partial charge in [-0.3, -0.25) is 4.98 Å². The van der Waals surface area contributed by atoms with Gasteiger partial charge in [0, 0.05) is 43.1 Å². The van der Waals surface area contributed by atoms with E-state index in [2.05, 4.69) is 192 Å². The average molecular weight is 1050 g/mol. The Bertz CT molecular complexity index is 3290. The molecule has 10 rings (SSSR count). The second kappa shape index (κ2) is 18.5. The smallest absolute Gasteiger partial charge is 0.216 e. The van der Waals surface area contributed by atoms with Crippen molar-refractivity contribution in [3.8, 4) is 39.5 Å². The Hall–Kier alpha value is -5.98. The molecule has 0 amide bonds. The molecule has 0 bridgehead atoms. The van der Waals surface area contributed by atoms with Crippen LogP contribution in [0.3, 0.4) is 0 Å². The molecule has 0 fully saturated rings. The second-order valence-electron chi connectivity index (χ2n) is 19.0. The van der Waals surface area contributed by atoms with Gasteiger partial charge in [-0.1, -0.05) is 132 Å². The Morgan fingerprint density at radius 3 is 2.00 bits per heavy atom. The first kappa shape index (κ1) is 45.6. The molecule has 65 heavy (non-hydrogen) atoms. The third-order valence-electron chi connectivity index (χ3n) is 12.3. The summed E-state index contributed by atoms with van der Waals surface area (Å²) >= 11 is 0. The topological polar surface area (TPSA) is 56.7 Å². The number of furan rings is 1. The Labute approximate surface area is 398 Å². The summed E-state index contributed by atoms with van der Waals surface area (Å²) in [6, 6.07) is 53.7. The van der Waals surface area contributed by atoms with Gasteiger partial charge < -0.3 is 14.0 Å². The molecule has 0 aliphatic heterocycles. The molecule has 0 saturated carbocycles. The average Bonchev–Trinajstić information content (AvgIpc) is 3.86. The third kappa shape index (κ3) is 8.90. The number of nitrogens with zero attached hydrogens (tertiary/aromatic N) is 4. The van der Waals surface area contributed by atoms with E-state index in [-0.39, 0.29) is 31.9 Å². The van der Waals surface area contributed by atoms with Gasteiger partial charge in [0.05, 0.1) is 30.5 Å². The van der Waals surface area contributed by atoms with Gasteiger partial charge >= 0.3 is 0 Å². The summed E-state index contributed by atoms with van der Waals surface area (Å²) in [5, 5.41) is 5.99. The molecule has 7 heteroatoms. The molecule has 4 aromatic heterocycles. The largest absolute Gasteiger partial charge is 0.486 e. The summed E-state index contributed by atoms with van der Waals surface area (Å²) in [5.41, 5.74) is 14.9. The summed E-state index contributed by atoms with van der Waals surface area (Å²) in [6.45, 7) is 22.8. The van der Waals surface area contributed by atoms with Crippen LogP contribution in [0.2, 0.25) is 19.6 Å². The van der Waals surface area contributed by atoms with Crippen molar-refractivity contribution in [2.75, 3.05) is 0 Å². The van der Waals surface area contributed by atoms with E-state index in [1.54, 1.807) is 0 Å². The van der Waals surface area contributed by atoms with E-state index in [1.807, 2.05) is 37.3 Å².